The Bertz CT molecular complexity index is 1190. The van der Waals surface area contributed by atoms with Crippen molar-refractivity contribution in [2.24, 2.45) is 0 Å². The summed E-state index contributed by atoms with van der Waals surface area (Å²) < 4.78 is 100. The quantitative estimate of drug-likeness (QED) is 0.179. The molecule has 0 heterocycles. The second-order valence-corrected chi connectivity index (χ2v) is 7.35. The molecule has 3 aromatic rings. The first-order chi connectivity index (χ1) is 16.2. The van der Waals surface area contributed by atoms with Gasteiger partial charge in [0, 0.05) is 17.2 Å². The minimum absolute atomic E-state index is 0.00291. The van der Waals surface area contributed by atoms with E-state index in [-0.39, 0.29) is 16.7 Å². The van der Waals surface area contributed by atoms with Gasteiger partial charge < -0.3 is 4.74 Å². The van der Waals surface area contributed by atoms with E-state index in [9.17, 15) is 30.7 Å². The van der Waals surface area contributed by atoms with Crippen LogP contribution in [0.3, 0.4) is 0 Å². The highest BCUT2D eigenvalue weighted by molar-refractivity contribution is 5.73. The summed E-state index contributed by atoms with van der Waals surface area (Å²) >= 11 is 0. The van der Waals surface area contributed by atoms with E-state index in [1.165, 1.54) is 12.1 Å². The maximum absolute atomic E-state index is 14.6. The third-order valence-corrected chi connectivity index (χ3v) is 4.84. The van der Waals surface area contributed by atoms with Gasteiger partial charge in [-0.15, -0.1) is 0 Å². The maximum atomic E-state index is 14.6. The average Bonchev–Trinajstić information content (AvgIpc) is 2.75. The lowest BCUT2D eigenvalue weighted by atomic mass is 9.99. The van der Waals surface area contributed by atoms with Crippen molar-refractivity contribution in [1.82, 2.24) is 0 Å². The lowest BCUT2D eigenvalue weighted by Crippen LogP contribution is -1.95. The fraction of sp³-hybridized carbons (Fsp3) is 0.154. The molecule has 0 bridgehead atoms. The van der Waals surface area contributed by atoms with Gasteiger partial charge in [-0.05, 0) is 59.5 Å². The highest BCUT2D eigenvalue weighted by atomic mass is 19.3. The molecular formula is C26H19F7O. The van der Waals surface area contributed by atoms with Crippen LogP contribution in [0.5, 0.6) is 5.75 Å². The third kappa shape index (κ3) is 6.07. The third-order valence-electron chi connectivity index (χ3n) is 4.84. The predicted octanol–water partition coefficient (Wildman–Crippen LogP) is 8.33. The lowest BCUT2D eigenvalue weighted by molar-refractivity contribution is 0.200. The van der Waals surface area contributed by atoms with Gasteiger partial charge >= 0.3 is 0 Å². The molecule has 0 radical (unpaired) electrons. The second kappa shape index (κ2) is 11.0. The smallest absolute Gasteiger partial charge is 0.260 e. The predicted molar refractivity (Wildman–Crippen MR) is 117 cm³/mol. The van der Waals surface area contributed by atoms with Crippen LogP contribution in [0.2, 0.25) is 0 Å². The van der Waals surface area contributed by atoms with Gasteiger partial charge in [-0.2, -0.15) is 0 Å². The standard InChI is InChI=1S/C26H19F7O/c1-2-3-15-4-6-18(20(27)10-15)17-13-21(28)19(22(29)14-17)7-5-16-11-23(30)26(24(31)12-16)34-9-8-25(32)33/h4-14,25H,2-3H2,1H3/b7-5+,9-8+. The number of hydrogen-bond acceptors (Lipinski definition) is 1. The van der Waals surface area contributed by atoms with Crippen LogP contribution in [0.15, 0.2) is 54.8 Å². The molecule has 0 N–H and O–H groups in total. The molecule has 0 aliphatic rings. The summed E-state index contributed by atoms with van der Waals surface area (Å²) in [5.41, 5.74) is 0.218. The molecule has 0 spiro atoms. The molecule has 34 heavy (non-hydrogen) atoms. The summed E-state index contributed by atoms with van der Waals surface area (Å²) in [6.45, 7) is 1.95. The average molecular weight is 480 g/mol. The van der Waals surface area contributed by atoms with Crippen molar-refractivity contribution < 1.29 is 35.5 Å². The Morgan fingerprint density at radius 2 is 1.44 bits per heavy atom. The molecule has 0 amide bonds. The largest absolute Gasteiger partial charge is 0.459 e. The van der Waals surface area contributed by atoms with Gasteiger partial charge in [0.25, 0.3) is 6.43 Å². The van der Waals surface area contributed by atoms with Crippen molar-refractivity contribution in [3.05, 3.63) is 101 Å². The molecule has 0 fully saturated rings. The highest BCUT2D eigenvalue weighted by Crippen LogP contribution is 2.29. The van der Waals surface area contributed by atoms with Gasteiger partial charge in [0.05, 0.1) is 6.26 Å². The second-order valence-electron chi connectivity index (χ2n) is 7.35. The van der Waals surface area contributed by atoms with Gasteiger partial charge in [-0.25, -0.2) is 30.7 Å². The van der Waals surface area contributed by atoms with E-state index in [4.69, 9.17) is 0 Å². The molecule has 3 aromatic carbocycles. The summed E-state index contributed by atoms with van der Waals surface area (Å²) in [7, 11) is 0. The number of benzene rings is 3. The van der Waals surface area contributed by atoms with Gasteiger partial charge in [-0.3, -0.25) is 0 Å². The molecule has 0 aliphatic carbocycles. The van der Waals surface area contributed by atoms with Crippen molar-refractivity contribution in [3.63, 3.8) is 0 Å². The summed E-state index contributed by atoms with van der Waals surface area (Å²) in [4.78, 5) is 0. The van der Waals surface area contributed by atoms with E-state index in [0.717, 1.165) is 48.4 Å². The van der Waals surface area contributed by atoms with Crippen molar-refractivity contribution in [2.45, 2.75) is 26.2 Å². The molecule has 3 rings (SSSR count). The van der Waals surface area contributed by atoms with E-state index in [2.05, 4.69) is 4.74 Å². The van der Waals surface area contributed by atoms with Crippen LogP contribution in [0.4, 0.5) is 30.7 Å². The van der Waals surface area contributed by atoms with Crippen LogP contribution < -0.4 is 4.74 Å². The van der Waals surface area contributed by atoms with Gasteiger partial charge in [0.1, 0.15) is 17.5 Å². The zero-order valence-electron chi connectivity index (χ0n) is 17.9. The highest BCUT2D eigenvalue weighted by Gasteiger charge is 2.15. The Labute approximate surface area is 191 Å². The molecule has 0 unspecified atom stereocenters. The van der Waals surface area contributed by atoms with E-state index in [1.54, 1.807) is 6.07 Å². The number of rotatable bonds is 8. The van der Waals surface area contributed by atoms with Gasteiger partial charge in [-0.1, -0.05) is 31.6 Å². The molecule has 1 nitrogen and oxygen atoms in total. The number of halogens is 7. The van der Waals surface area contributed by atoms with Crippen LogP contribution in [-0.2, 0) is 6.42 Å². The summed E-state index contributed by atoms with van der Waals surface area (Å²) in [5, 5.41) is 0. The SMILES string of the molecule is CCCc1ccc(-c2cc(F)c(/C=C/c3cc(F)c(O/C=C/C(F)F)c(F)c3)c(F)c2)c(F)c1. The van der Waals surface area contributed by atoms with Gasteiger partial charge in [0.15, 0.2) is 17.4 Å². The molecule has 0 saturated heterocycles. The molecule has 8 heteroatoms. The minimum atomic E-state index is -2.86. The first-order valence-electron chi connectivity index (χ1n) is 10.3. The van der Waals surface area contributed by atoms with Crippen molar-refractivity contribution >= 4 is 12.2 Å². The molecule has 178 valence electrons. The molecular weight excluding hydrogens is 461 g/mol. The van der Waals surface area contributed by atoms with Crippen LogP contribution in [0.1, 0.15) is 30.0 Å². The normalized spacial score (nSPS) is 11.8. The molecule has 0 aromatic heterocycles. The Morgan fingerprint density at radius 1 is 0.794 bits per heavy atom. The Kier molecular flexibility index (Phi) is 8.15. The molecule has 0 saturated carbocycles. The van der Waals surface area contributed by atoms with Crippen molar-refractivity contribution in [3.8, 4) is 16.9 Å². The van der Waals surface area contributed by atoms with Crippen LogP contribution in [0, 0.1) is 29.1 Å². The number of hydrogen-bond donors (Lipinski definition) is 0. The zero-order chi connectivity index (χ0) is 24.8. The number of allylic oxidation sites excluding steroid dienone is 1. The summed E-state index contributed by atoms with van der Waals surface area (Å²) in [5.74, 6) is -5.90. The topological polar surface area (TPSA) is 9.23 Å². The van der Waals surface area contributed by atoms with E-state index < -0.39 is 46.8 Å². The number of ether oxygens (including phenoxy) is 1. The van der Waals surface area contributed by atoms with E-state index in [0.29, 0.717) is 18.8 Å². The first-order valence-corrected chi connectivity index (χ1v) is 10.3. The summed E-state index contributed by atoms with van der Waals surface area (Å²) in [6, 6.07) is 8.01. The van der Waals surface area contributed by atoms with Crippen LogP contribution in [0.25, 0.3) is 23.3 Å². The van der Waals surface area contributed by atoms with E-state index in [1.807, 2.05) is 6.92 Å². The van der Waals surface area contributed by atoms with Crippen molar-refractivity contribution in [2.75, 3.05) is 0 Å². The summed E-state index contributed by atoms with van der Waals surface area (Å²) in [6.07, 6.45) is 1.42. The molecule has 0 atom stereocenters. The fourth-order valence-electron chi connectivity index (χ4n) is 3.27. The van der Waals surface area contributed by atoms with Crippen molar-refractivity contribution in [1.29, 1.82) is 0 Å². The number of aryl methyl sites for hydroxylation is 1. The number of alkyl halides is 2. The van der Waals surface area contributed by atoms with Crippen LogP contribution in [-0.4, -0.2) is 6.43 Å². The Hall–Kier alpha value is -3.55. The Morgan fingerprint density at radius 3 is 2.00 bits per heavy atom. The maximum Gasteiger partial charge on any atom is 0.260 e. The first kappa shape index (κ1) is 25.1. The monoisotopic (exact) mass is 480 g/mol. The fourth-order valence-corrected chi connectivity index (χ4v) is 3.27. The lowest BCUT2D eigenvalue weighted by Gasteiger charge is -2.09. The Balaban J connectivity index is 1.86. The minimum Gasteiger partial charge on any atom is -0.459 e. The zero-order valence-corrected chi connectivity index (χ0v) is 17.9. The van der Waals surface area contributed by atoms with E-state index >= 15 is 0 Å². The molecule has 0 aliphatic heterocycles. The van der Waals surface area contributed by atoms with Crippen LogP contribution >= 0.6 is 0 Å². The van der Waals surface area contributed by atoms with Gasteiger partial charge in [0.2, 0.25) is 0 Å².